The number of benzene rings is 1. The highest BCUT2D eigenvalue weighted by Crippen LogP contribution is 2.35. The van der Waals surface area contributed by atoms with E-state index in [1.807, 2.05) is 0 Å². The second-order valence-corrected chi connectivity index (χ2v) is 7.53. The first kappa shape index (κ1) is 20.5. The van der Waals surface area contributed by atoms with Gasteiger partial charge >= 0.3 is 5.97 Å². The van der Waals surface area contributed by atoms with Crippen molar-refractivity contribution < 1.29 is 29.0 Å². The lowest BCUT2D eigenvalue weighted by molar-refractivity contribution is -0.141. The number of hydrogen-bond acceptors (Lipinski definition) is 5. The summed E-state index contributed by atoms with van der Waals surface area (Å²) in [5, 5.41) is 11.9. The maximum atomic E-state index is 13.0. The Morgan fingerprint density at radius 2 is 1.74 bits per heavy atom. The van der Waals surface area contributed by atoms with E-state index in [2.05, 4.69) is 5.32 Å². The van der Waals surface area contributed by atoms with Gasteiger partial charge in [0.2, 0.25) is 5.91 Å². The zero-order valence-electron chi connectivity index (χ0n) is 16.3. The molecule has 8 nitrogen and oxygen atoms in total. The lowest BCUT2D eigenvalue weighted by atomic mass is 9.95. The van der Waals surface area contributed by atoms with Gasteiger partial charge in [-0.3, -0.25) is 14.4 Å². The van der Waals surface area contributed by atoms with Gasteiger partial charge in [0.25, 0.3) is 5.91 Å². The van der Waals surface area contributed by atoms with Crippen LogP contribution in [0.4, 0.5) is 5.69 Å². The minimum Gasteiger partial charge on any atom is -0.493 e. The van der Waals surface area contributed by atoms with Gasteiger partial charge < -0.3 is 24.8 Å². The van der Waals surface area contributed by atoms with Crippen molar-refractivity contribution in [1.29, 1.82) is 0 Å². The van der Waals surface area contributed by atoms with Crippen molar-refractivity contribution >= 4 is 23.5 Å². The molecule has 1 aliphatic rings. The molecule has 27 heavy (non-hydrogen) atoms. The fourth-order valence-electron chi connectivity index (χ4n) is 2.79. The third-order valence-corrected chi connectivity index (χ3v) is 4.51. The summed E-state index contributed by atoms with van der Waals surface area (Å²) in [5.74, 6) is -1.38. The minimum absolute atomic E-state index is 0.134. The van der Waals surface area contributed by atoms with Gasteiger partial charge in [0.05, 0.1) is 31.4 Å². The summed E-state index contributed by atoms with van der Waals surface area (Å²) in [5.41, 5.74) is -0.122. The van der Waals surface area contributed by atoms with Gasteiger partial charge in [0, 0.05) is 24.6 Å². The molecule has 1 unspecified atom stereocenters. The third-order valence-electron chi connectivity index (χ3n) is 4.51. The fraction of sp³-hybridized carbons (Fsp3) is 0.526. The molecule has 0 saturated carbocycles. The molecule has 1 atom stereocenters. The maximum absolute atomic E-state index is 13.0. The Balaban J connectivity index is 2.41. The first-order chi connectivity index (χ1) is 12.6. The molecule has 1 aliphatic heterocycles. The van der Waals surface area contributed by atoms with Crippen LogP contribution in [-0.2, 0) is 9.59 Å². The van der Waals surface area contributed by atoms with Crippen LogP contribution in [-0.4, -0.2) is 55.1 Å². The summed E-state index contributed by atoms with van der Waals surface area (Å²) >= 11 is 0. The highest BCUT2D eigenvalue weighted by Gasteiger charge is 2.33. The number of carbonyl (C=O) groups excluding carboxylic acids is 2. The van der Waals surface area contributed by atoms with Crippen molar-refractivity contribution in [2.45, 2.75) is 27.2 Å². The van der Waals surface area contributed by atoms with Crippen molar-refractivity contribution in [3.63, 3.8) is 0 Å². The SMILES string of the molecule is COc1cc(NC(=O)C(C)(C)C)c(C(=O)N2CCC(C(=O)O)C2)cc1OC. The molecule has 1 heterocycles. The van der Waals surface area contributed by atoms with Crippen LogP contribution < -0.4 is 14.8 Å². The Kier molecular flexibility index (Phi) is 5.98. The second-order valence-electron chi connectivity index (χ2n) is 7.53. The number of nitrogens with zero attached hydrogens (tertiary/aromatic N) is 1. The van der Waals surface area contributed by atoms with Crippen LogP contribution in [0.25, 0.3) is 0 Å². The van der Waals surface area contributed by atoms with Crippen molar-refractivity contribution in [2.24, 2.45) is 11.3 Å². The Bertz CT molecular complexity index is 753. The molecule has 148 valence electrons. The van der Waals surface area contributed by atoms with Crippen LogP contribution in [0, 0.1) is 11.3 Å². The standard InChI is InChI=1S/C19H26N2O6/c1-19(2,3)18(25)20-13-9-15(27-5)14(26-4)8-12(13)16(22)21-7-6-11(10-21)17(23)24/h8-9,11H,6-7,10H2,1-5H3,(H,20,25)(H,23,24). The van der Waals surface area contributed by atoms with E-state index in [4.69, 9.17) is 14.6 Å². The number of aliphatic carboxylic acids is 1. The monoisotopic (exact) mass is 378 g/mol. The van der Waals surface area contributed by atoms with Crippen molar-refractivity contribution in [2.75, 3.05) is 32.6 Å². The zero-order valence-corrected chi connectivity index (χ0v) is 16.3. The number of anilines is 1. The molecule has 1 aromatic carbocycles. The Hall–Kier alpha value is -2.77. The van der Waals surface area contributed by atoms with Gasteiger partial charge in [-0.15, -0.1) is 0 Å². The average molecular weight is 378 g/mol. The number of hydrogen-bond donors (Lipinski definition) is 2. The molecule has 0 aliphatic carbocycles. The van der Waals surface area contributed by atoms with E-state index in [0.29, 0.717) is 30.2 Å². The van der Waals surface area contributed by atoms with E-state index >= 15 is 0 Å². The molecular weight excluding hydrogens is 352 g/mol. The van der Waals surface area contributed by atoms with Crippen molar-refractivity contribution in [1.82, 2.24) is 4.90 Å². The molecule has 0 bridgehead atoms. The highest BCUT2D eigenvalue weighted by atomic mass is 16.5. The Labute approximate surface area is 158 Å². The van der Waals surface area contributed by atoms with Crippen LogP contribution in [0.1, 0.15) is 37.6 Å². The summed E-state index contributed by atoms with van der Waals surface area (Å²) < 4.78 is 10.5. The number of methoxy groups -OCH3 is 2. The molecule has 2 amide bonds. The molecule has 1 saturated heterocycles. The van der Waals surface area contributed by atoms with E-state index in [0.717, 1.165) is 0 Å². The van der Waals surface area contributed by atoms with Gasteiger partial charge in [0.1, 0.15) is 0 Å². The number of ether oxygens (including phenoxy) is 2. The number of rotatable bonds is 5. The first-order valence-electron chi connectivity index (χ1n) is 8.68. The molecule has 1 aromatic rings. The summed E-state index contributed by atoms with van der Waals surface area (Å²) in [6, 6.07) is 3.05. The van der Waals surface area contributed by atoms with Gasteiger partial charge in [0.15, 0.2) is 11.5 Å². The van der Waals surface area contributed by atoms with Crippen LogP contribution in [0.2, 0.25) is 0 Å². The topological polar surface area (TPSA) is 105 Å². The summed E-state index contributed by atoms with van der Waals surface area (Å²) in [6.07, 6.45) is 0.401. The molecule has 2 rings (SSSR count). The van der Waals surface area contributed by atoms with Crippen molar-refractivity contribution in [3.05, 3.63) is 17.7 Å². The van der Waals surface area contributed by atoms with Gasteiger partial charge in [-0.1, -0.05) is 20.8 Å². The van der Waals surface area contributed by atoms with Crippen LogP contribution in [0.3, 0.4) is 0 Å². The largest absolute Gasteiger partial charge is 0.493 e. The minimum atomic E-state index is -0.918. The molecule has 0 spiro atoms. The average Bonchev–Trinajstić information content (AvgIpc) is 3.10. The molecule has 2 N–H and O–H groups in total. The van der Waals surface area contributed by atoms with Crippen LogP contribution in [0.15, 0.2) is 12.1 Å². The lowest BCUT2D eigenvalue weighted by Gasteiger charge is -2.23. The summed E-state index contributed by atoms with van der Waals surface area (Å²) in [4.78, 5) is 38.1. The lowest BCUT2D eigenvalue weighted by Crippen LogP contribution is -2.32. The number of nitrogens with one attached hydrogen (secondary N) is 1. The molecule has 0 radical (unpaired) electrons. The third kappa shape index (κ3) is 4.50. The van der Waals surface area contributed by atoms with Gasteiger partial charge in [-0.2, -0.15) is 0 Å². The number of amides is 2. The maximum Gasteiger partial charge on any atom is 0.308 e. The predicted octanol–water partition coefficient (Wildman–Crippen LogP) is 2.24. The molecule has 1 fully saturated rings. The normalized spacial score (nSPS) is 16.8. The van der Waals surface area contributed by atoms with E-state index in [1.54, 1.807) is 26.8 Å². The van der Waals surface area contributed by atoms with Gasteiger partial charge in [-0.25, -0.2) is 0 Å². The van der Waals surface area contributed by atoms with Crippen LogP contribution in [0.5, 0.6) is 11.5 Å². The second kappa shape index (κ2) is 7.85. The van der Waals surface area contributed by atoms with E-state index in [-0.39, 0.29) is 23.9 Å². The van der Waals surface area contributed by atoms with Gasteiger partial charge in [-0.05, 0) is 12.5 Å². The highest BCUT2D eigenvalue weighted by molar-refractivity contribution is 6.05. The van der Waals surface area contributed by atoms with E-state index in [9.17, 15) is 14.4 Å². The van der Waals surface area contributed by atoms with E-state index < -0.39 is 17.3 Å². The van der Waals surface area contributed by atoms with Crippen molar-refractivity contribution in [3.8, 4) is 11.5 Å². The predicted molar refractivity (Wildman–Crippen MR) is 99.3 cm³/mol. The molecule has 8 heteroatoms. The Morgan fingerprint density at radius 3 is 2.22 bits per heavy atom. The smallest absolute Gasteiger partial charge is 0.308 e. The molecule has 0 aromatic heterocycles. The number of carboxylic acid groups (broad SMARTS) is 1. The zero-order chi connectivity index (χ0) is 20.4. The van der Waals surface area contributed by atoms with E-state index in [1.165, 1.54) is 25.2 Å². The first-order valence-corrected chi connectivity index (χ1v) is 8.68. The molecular formula is C19H26N2O6. The number of carboxylic acids is 1. The van der Waals surface area contributed by atoms with Crippen LogP contribution >= 0.6 is 0 Å². The Morgan fingerprint density at radius 1 is 1.15 bits per heavy atom. The summed E-state index contributed by atoms with van der Waals surface area (Å²) in [6.45, 7) is 5.78. The number of carbonyl (C=O) groups is 3. The number of likely N-dealkylation sites (tertiary alicyclic amines) is 1. The quantitative estimate of drug-likeness (QED) is 0.814. The fourth-order valence-corrected chi connectivity index (χ4v) is 2.79. The summed E-state index contributed by atoms with van der Waals surface area (Å²) in [7, 11) is 2.92.